The highest BCUT2D eigenvalue weighted by atomic mass is 16.2. The van der Waals surface area contributed by atoms with Gasteiger partial charge in [-0.2, -0.15) is 0 Å². The summed E-state index contributed by atoms with van der Waals surface area (Å²) in [6.45, 7) is 0.831. The van der Waals surface area contributed by atoms with E-state index in [0.29, 0.717) is 11.6 Å². The maximum atomic E-state index is 12.9. The lowest BCUT2D eigenvalue weighted by Crippen LogP contribution is -2.53. The van der Waals surface area contributed by atoms with Crippen molar-refractivity contribution >= 4 is 17.5 Å². The fraction of sp³-hybridized carbons (Fsp3) is 0.600. The van der Waals surface area contributed by atoms with Gasteiger partial charge in [0.05, 0.1) is 11.3 Å². The summed E-state index contributed by atoms with van der Waals surface area (Å²) in [5, 5.41) is 3.14. The number of anilines is 1. The molecule has 1 aromatic rings. The van der Waals surface area contributed by atoms with Crippen LogP contribution in [0, 0.1) is 0 Å². The fourth-order valence-electron chi connectivity index (χ4n) is 4.53. The van der Waals surface area contributed by atoms with Gasteiger partial charge in [0, 0.05) is 25.2 Å². The van der Waals surface area contributed by atoms with E-state index in [2.05, 4.69) is 10.2 Å². The molecule has 0 radical (unpaired) electrons. The van der Waals surface area contributed by atoms with Crippen LogP contribution in [0.3, 0.4) is 0 Å². The second-order valence-corrected chi connectivity index (χ2v) is 7.63. The number of benzene rings is 1. The third-order valence-corrected chi connectivity index (χ3v) is 5.99. The van der Waals surface area contributed by atoms with E-state index in [9.17, 15) is 9.59 Å². The van der Waals surface area contributed by atoms with Crippen LogP contribution in [0.4, 0.5) is 5.69 Å². The van der Waals surface area contributed by atoms with Gasteiger partial charge in [-0.05, 0) is 50.3 Å². The average molecular weight is 341 g/mol. The van der Waals surface area contributed by atoms with E-state index >= 15 is 0 Å². The van der Waals surface area contributed by atoms with Gasteiger partial charge in [-0.1, -0.05) is 19.3 Å². The SMILES string of the molecule is CN1c2cc(C(=O)NC3CCCC3)ccc2C(=O)N2CCCCC[C@H]21. The van der Waals surface area contributed by atoms with Crippen LogP contribution in [0.15, 0.2) is 18.2 Å². The summed E-state index contributed by atoms with van der Waals surface area (Å²) in [4.78, 5) is 29.7. The van der Waals surface area contributed by atoms with Crippen molar-refractivity contribution in [1.82, 2.24) is 10.2 Å². The first-order valence-electron chi connectivity index (χ1n) is 9.64. The van der Waals surface area contributed by atoms with Gasteiger partial charge in [0.25, 0.3) is 11.8 Å². The van der Waals surface area contributed by atoms with Crippen molar-refractivity contribution in [3.63, 3.8) is 0 Å². The number of nitrogens with one attached hydrogen (secondary N) is 1. The Labute approximate surface area is 149 Å². The first-order chi connectivity index (χ1) is 12.1. The van der Waals surface area contributed by atoms with Crippen molar-refractivity contribution in [3.8, 4) is 0 Å². The zero-order chi connectivity index (χ0) is 17.4. The standard InChI is InChI=1S/C20H27N3O2/c1-22-17-13-14(19(24)21-15-7-4-5-8-15)10-11-16(17)20(25)23-12-6-2-3-9-18(22)23/h10-11,13,15,18H,2-9,12H2,1H3,(H,21,24)/t18-/m0/s1. The molecule has 2 aliphatic heterocycles. The van der Waals surface area contributed by atoms with Crippen LogP contribution in [0.1, 0.15) is 72.1 Å². The zero-order valence-electron chi connectivity index (χ0n) is 15.0. The summed E-state index contributed by atoms with van der Waals surface area (Å²) in [7, 11) is 2.05. The number of rotatable bonds is 2. The summed E-state index contributed by atoms with van der Waals surface area (Å²) >= 11 is 0. The second-order valence-electron chi connectivity index (χ2n) is 7.63. The normalized spacial score (nSPS) is 23.9. The molecule has 3 aliphatic rings. The summed E-state index contributed by atoms with van der Waals surface area (Å²) in [5.74, 6) is 0.0987. The van der Waals surface area contributed by atoms with Crippen LogP contribution < -0.4 is 10.2 Å². The summed E-state index contributed by atoms with van der Waals surface area (Å²) < 4.78 is 0. The molecule has 2 heterocycles. The van der Waals surface area contributed by atoms with Crippen LogP contribution in [0.2, 0.25) is 0 Å². The molecule has 5 nitrogen and oxygen atoms in total. The molecule has 0 aromatic heterocycles. The first-order valence-corrected chi connectivity index (χ1v) is 9.64. The minimum absolute atomic E-state index is 0.0150. The van der Waals surface area contributed by atoms with Gasteiger partial charge in [0.15, 0.2) is 0 Å². The summed E-state index contributed by atoms with van der Waals surface area (Å²) in [6, 6.07) is 5.84. The molecule has 0 bridgehead atoms. The maximum Gasteiger partial charge on any atom is 0.257 e. The lowest BCUT2D eigenvalue weighted by molar-refractivity contribution is 0.0661. The molecule has 1 N–H and O–H groups in total. The number of hydrogen-bond donors (Lipinski definition) is 1. The Morgan fingerprint density at radius 1 is 1.08 bits per heavy atom. The predicted octanol–water partition coefficient (Wildman–Crippen LogP) is 3.15. The Morgan fingerprint density at radius 2 is 1.84 bits per heavy atom. The molecular formula is C20H27N3O2. The molecule has 4 rings (SSSR count). The van der Waals surface area contributed by atoms with Crippen LogP contribution in [0.25, 0.3) is 0 Å². The van der Waals surface area contributed by atoms with E-state index in [-0.39, 0.29) is 18.0 Å². The molecule has 1 atom stereocenters. The number of carbonyl (C=O) groups excluding carboxylic acids is 2. The molecular weight excluding hydrogens is 314 g/mol. The Hall–Kier alpha value is -2.04. The number of fused-ring (bicyclic) bond motifs is 2. The van der Waals surface area contributed by atoms with Gasteiger partial charge in [-0.3, -0.25) is 9.59 Å². The molecule has 0 spiro atoms. The molecule has 134 valence electrons. The molecule has 0 unspecified atom stereocenters. The highest BCUT2D eigenvalue weighted by Crippen LogP contribution is 2.34. The highest BCUT2D eigenvalue weighted by molar-refractivity contribution is 6.04. The molecule has 1 saturated heterocycles. The third-order valence-electron chi connectivity index (χ3n) is 5.99. The number of nitrogens with zero attached hydrogens (tertiary/aromatic N) is 2. The van der Waals surface area contributed by atoms with Crippen LogP contribution in [-0.4, -0.2) is 42.5 Å². The smallest absolute Gasteiger partial charge is 0.257 e. The van der Waals surface area contributed by atoms with Gasteiger partial charge in [0.1, 0.15) is 6.17 Å². The number of hydrogen-bond acceptors (Lipinski definition) is 3. The lowest BCUT2D eigenvalue weighted by Gasteiger charge is -2.43. The van der Waals surface area contributed by atoms with Gasteiger partial charge < -0.3 is 15.1 Å². The van der Waals surface area contributed by atoms with Crippen molar-refractivity contribution in [3.05, 3.63) is 29.3 Å². The van der Waals surface area contributed by atoms with Crippen molar-refractivity contribution in [1.29, 1.82) is 0 Å². The minimum Gasteiger partial charge on any atom is -0.354 e. The van der Waals surface area contributed by atoms with E-state index in [4.69, 9.17) is 0 Å². The van der Waals surface area contributed by atoms with Crippen molar-refractivity contribution in [2.45, 2.75) is 63.6 Å². The fourth-order valence-corrected chi connectivity index (χ4v) is 4.53. The maximum absolute atomic E-state index is 12.9. The number of amides is 2. The second kappa shape index (κ2) is 6.70. The van der Waals surface area contributed by atoms with Crippen LogP contribution in [-0.2, 0) is 0 Å². The van der Waals surface area contributed by atoms with Gasteiger partial charge in [-0.15, -0.1) is 0 Å². The van der Waals surface area contributed by atoms with E-state index < -0.39 is 0 Å². The average Bonchev–Trinajstić information content (AvgIpc) is 3.00. The van der Waals surface area contributed by atoms with Gasteiger partial charge >= 0.3 is 0 Å². The largest absolute Gasteiger partial charge is 0.354 e. The van der Waals surface area contributed by atoms with Crippen LogP contribution in [0.5, 0.6) is 0 Å². The third kappa shape index (κ3) is 3.00. The predicted molar refractivity (Wildman–Crippen MR) is 97.9 cm³/mol. The Bertz CT molecular complexity index is 682. The molecule has 1 saturated carbocycles. The molecule has 2 fully saturated rings. The monoisotopic (exact) mass is 341 g/mol. The molecule has 25 heavy (non-hydrogen) atoms. The van der Waals surface area contributed by atoms with Crippen molar-refractivity contribution < 1.29 is 9.59 Å². The van der Waals surface area contributed by atoms with E-state index in [1.54, 1.807) is 6.07 Å². The first kappa shape index (κ1) is 16.4. The van der Waals surface area contributed by atoms with Crippen molar-refractivity contribution in [2.75, 3.05) is 18.5 Å². The molecule has 1 aromatic carbocycles. The van der Waals surface area contributed by atoms with Gasteiger partial charge in [-0.25, -0.2) is 0 Å². The molecule has 1 aliphatic carbocycles. The summed E-state index contributed by atoms with van der Waals surface area (Å²) in [5.41, 5.74) is 2.28. The summed E-state index contributed by atoms with van der Waals surface area (Å²) in [6.07, 6.45) is 9.07. The zero-order valence-corrected chi connectivity index (χ0v) is 15.0. The van der Waals surface area contributed by atoms with E-state index in [0.717, 1.165) is 49.9 Å². The Kier molecular flexibility index (Phi) is 4.40. The van der Waals surface area contributed by atoms with E-state index in [1.165, 1.54) is 19.3 Å². The topological polar surface area (TPSA) is 52.7 Å². The van der Waals surface area contributed by atoms with Crippen molar-refractivity contribution in [2.24, 2.45) is 0 Å². The van der Waals surface area contributed by atoms with Crippen LogP contribution >= 0.6 is 0 Å². The lowest BCUT2D eigenvalue weighted by atomic mass is 10.0. The molecule has 2 amide bonds. The highest BCUT2D eigenvalue weighted by Gasteiger charge is 2.36. The van der Waals surface area contributed by atoms with E-state index in [1.807, 2.05) is 24.1 Å². The van der Waals surface area contributed by atoms with Gasteiger partial charge in [0.2, 0.25) is 0 Å². The Balaban J connectivity index is 1.61. The molecule has 5 heteroatoms. The quantitative estimate of drug-likeness (QED) is 0.899. The number of carbonyl (C=O) groups is 2. The minimum atomic E-state index is -0.0150. The Morgan fingerprint density at radius 3 is 2.64 bits per heavy atom.